The van der Waals surface area contributed by atoms with Crippen LogP contribution in [0.2, 0.25) is 10.0 Å². The Morgan fingerprint density at radius 2 is 1.83 bits per heavy atom. The number of benzene rings is 3. The maximum absolute atomic E-state index is 13.7. The molecule has 1 atom stereocenters. The number of aromatic hydroxyl groups is 1. The van der Waals surface area contributed by atoms with E-state index in [0.29, 0.717) is 50.1 Å². The van der Waals surface area contributed by atoms with Gasteiger partial charge in [0.25, 0.3) is 5.91 Å². The summed E-state index contributed by atoms with van der Waals surface area (Å²) in [7, 11) is 1.54. The molecule has 0 bridgehead atoms. The molecule has 1 amide bonds. The zero-order valence-electron chi connectivity index (χ0n) is 19.3. The van der Waals surface area contributed by atoms with Gasteiger partial charge >= 0.3 is 0 Å². The normalized spacial score (nSPS) is 14.7. The highest BCUT2D eigenvalue weighted by molar-refractivity contribution is 6.42. The maximum atomic E-state index is 13.7. The molecule has 2 heterocycles. The molecule has 0 radical (unpaired) electrons. The van der Waals surface area contributed by atoms with Crippen LogP contribution < -0.4 is 15.4 Å². The van der Waals surface area contributed by atoms with E-state index in [2.05, 4.69) is 15.6 Å². The molecular weight excluding hydrogens is 501 g/mol. The predicted molar refractivity (Wildman–Crippen MR) is 140 cm³/mol. The van der Waals surface area contributed by atoms with Gasteiger partial charge in [-0.2, -0.15) is 4.98 Å². The predicted octanol–water partition coefficient (Wildman–Crippen LogP) is 5.89. The van der Waals surface area contributed by atoms with Gasteiger partial charge in [0, 0.05) is 11.3 Å². The lowest BCUT2D eigenvalue weighted by Crippen LogP contribution is -2.31. The number of para-hydroxylation sites is 2. The van der Waals surface area contributed by atoms with E-state index in [9.17, 15) is 9.90 Å². The number of nitrogens with one attached hydrogen (secondary N) is 2. The summed E-state index contributed by atoms with van der Waals surface area (Å²) in [6.45, 7) is 1.81. The van der Waals surface area contributed by atoms with Crippen molar-refractivity contribution < 1.29 is 14.6 Å². The van der Waals surface area contributed by atoms with E-state index >= 15 is 0 Å². The number of halogens is 2. The highest BCUT2D eigenvalue weighted by Gasteiger charge is 2.34. The van der Waals surface area contributed by atoms with Crippen LogP contribution in [0.15, 0.2) is 78.0 Å². The number of carbonyl (C=O) groups excluding carboxylic acids is 1. The summed E-state index contributed by atoms with van der Waals surface area (Å²) in [5, 5.41) is 21.5. The second-order valence-corrected chi connectivity index (χ2v) is 8.96. The minimum atomic E-state index is -0.624. The zero-order valence-corrected chi connectivity index (χ0v) is 20.8. The van der Waals surface area contributed by atoms with Crippen LogP contribution in [-0.4, -0.2) is 32.9 Å². The average Bonchev–Trinajstić information content (AvgIpc) is 3.29. The van der Waals surface area contributed by atoms with Crippen LogP contribution in [0.1, 0.15) is 18.5 Å². The Morgan fingerprint density at radius 1 is 1.08 bits per heavy atom. The number of carbonyl (C=O) groups is 1. The van der Waals surface area contributed by atoms with Crippen LogP contribution in [0.4, 0.5) is 11.6 Å². The Kier molecular flexibility index (Phi) is 6.30. The zero-order chi connectivity index (χ0) is 25.4. The number of phenols is 1. The van der Waals surface area contributed by atoms with Gasteiger partial charge in [-0.25, -0.2) is 4.68 Å². The molecule has 5 rings (SSSR count). The van der Waals surface area contributed by atoms with E-state index in [0.717, 1.165) is 5.56 Å². The van der Waals surface area contributed by atoms with Crippen molar-refractivity contribution in [2.45, 2.75) is 13.0 Å². The van der Waals surface area contributed by atoms with Crippen molar-refractivity contribution in [3.05, 3.63) is 93.6 Å². The number of rotatable bonds is 5. The number of allylic oxidation sites excluding steroid dienone is 1. The molecule has 1 aliphatic rings. The second-order valence-electron chi connectivity index (χ2n) is 8.14. The first-order chi connectivity index (χ1) is 17.4. The van der Waals surface area contributed by atoms with Crippen molar-refractivity contribution in [1.82, 2.24) is 14.8 Å². The third-order valence-corrected chi connectivity index (χ3v) is 6.58. The minimum absolute atomic E-state index is 0.115. The summed E-state index contributed by atoms with van der Waals surface area (Å²) < 4.78 is 7.04. The van der Waals surface area contributed by atoms with E-state index < -0.39 is 6.04 Å². The molecule has 0 spiro atoms. The van der Waals surface area contributed by atoms with Crippen LogP contribution in [-0.2, 0) is 4.79 Å². The van der Waals surface area contributed by atoms with E-state index in [1.807, 2.05) is 19.1 Å². The standard InChI is InChI=1S/C26H21Cl2N5O3/c1-14-22(25(35)30-20-5-3-4-6-21(20)36-2)23(15-7-10-17(34)11-8-15)33-26(29-14)31-24(32-33)16-9-12-18(27)19(28)13-16/h3-13,23,34H,1-2H3,(H,30,35)(H,29,31,32). The number of hydrogen-bond donors (Lipinski definition) is 3. The van der Waals surface area contributed by atoms with Gasteiger partial charge < -0.3 is 20.5 Å². The summed E-state index contributed by atoms with van der Waals surface area (Å²) in [6.07, 6.45) is 0. The molecule has 36 heavy (non-hydrogen) atoms. The number of hydrogen-bond acceptors (Lipinski definition) is 6. The Morgan fingerprint density at radius 3 is 2.56 bits per heavy atom. The van der Waals surface area contributed by atoms with Crippen LogP contribution in [0.25, 0.3) is 11.4 Å². The molecule has 0 fully saturated rings. The minimum Gasteiger partial charge on any atom is -0.508 e. The smallest absolute Gasteiger partial charge is 0.255 e. The molecular formula is C26H21Cl2N5O3. The summed E-state index contributed by atoms with van der Waals surface area (Å²) in [5.74, 6) is 1.19. The molecule has 1 unspecified atom stereocenters. The number of phenolic OH excluding ortho intramolecular Hbond substituents is 1. The van der Waals surface area contributed by atoms with E-state index in [1.165, 1.54) is 0 Å². The number of fused-ring (bicyclic) bond motifs is 1. The Bertz CT molecular complexity index is 1500. The fourth-order valence-electron chi connectivity index (χ4n) is 4.10. The molecule has 182 valence electrons. The van der Waals surface area contributed by atoms with Gasteiger partial charge in [-0.3, -0.25) is 4.79 Å². The van der Waals surface area contributed by atoms with E-state index in [4.69, 9.17) is 33.0 Å². The van der Waals surface area contributed by atoms with Gasteiger partial charge in [0.1, 0.15) is 17.5 Å². The van der Waals surface area contributed by atoms with E-state index in [1.54, 1.807) is 66.4 Å². The van der Waals surface area contributed by atoms with Crippen molar-refractivity contribution in [2.75, 3.05) is 17.7 Å². The molecule has 1 aromatic heterocycles. The van der Waals surface area contributed by atoms with Crippen molar-refractivity contribution in [3.63, 3.8) is 0 Å². The topological polar surface area (TPSA) is 101 Å². The van der Waals surface area contributed by atoms with Crippen molar-refractivity contribution in [3.8, 4) is 22.9 Å². The van der Waals surface area contributed by atoms with Crippen LogP contribution in [0.5, 0.6) is 11.5 Å². The van der Waals surface area contributed by atoms with Crippen LogP contribution >= 0.6 is 23.2 Å². The largest absolute Gasteiger partial charge is 0.508 e. The molecule has 3 aromatic carbocycles. The SMILES string of the molecule is COc1ccccc1NC(=O)C1=C(C)Nc2nc(-c3ccc(Cl)c(Cl)c3)nn2C1c1ccc(O)cc1. The molecule has 0 saturated carbocycles. The fraction of sp³-hybridized carbons (Fsp3) is 0.115. The monoisotopic (exact) mass is 521 g/mol. The van der Waals surface area contributed by atoms with Crippen molar-refractivity contribution >= 4 is 40.7 Å². The second kappa shape index (κ2) is 9.56. The third-order valence-electron chi connectivity index (χ3n) is 5.84. The average molecular weight is 522 g/mol. The van der Waals surface area contributed by atoms with E-state index in [-0.39, 0.29) is 11.7 Å². The fourth-order valence-corrected chi connectivity index (χ4v) is 4.40. The molecule has 0 aliphatic carbocycles. The van der Waals surface area contributed by atoms with Gasteiger partial charge in [-0.1, -0.05) is 47.5 Å². The number of amides is 1. The highest BCUT2D eigenvalue weighted by atomic mass is 35.5. The van der Waals surface area contributed by atoms with Gasteiger partial charge in [0.05, 0.1) is 28.4 Å². The number of aromatic nitrogens is 3. The van der Waals surface area contributed by atoms with Crippen molar-refractivity contribution in [1.29, 1.82) is 0 Å². The highest BCUT2D eigenvalue weighted by Crippen LogP contribution is 2.38. The number of ether oxygens (including phenoxy) is 1. The van der Waals surface area contributed by atoms with Crippen LogP contribution in [0.3, 0.4) is 0 Å². The summed E-state index contributed by atoms with van der Waals surface area (Å²) in [4.78, 5) is 18.3. The maximum Gasteiger partial charge on any atom is 0.255 e. The first kappa shape index (κ1) is 23.7. The lowest BCUT2D eigenvalue weighted by atomic mass is 9.95. The first-order valence-corrected chi connectivity index (χ1v) is 11.7. The quantitative estimate of drug-likeness (QED) is 0.302. The molecule has 1 aliphatic heterocycles. The van der Waals surface area contributed by atoms with Gasteiger partial charge in [0.15, 0.2) is 5.82 Å². The molecule has 0 saturated heterocycles. The Labute approximate surface area is 217 Å². The number of anilines is 2. The van der Waals surface area contributed by atoms with Gasteiger partial charge in [-0.05, 0) is 55.0 Å². The lowest BCUT2D eigenvalue weighted by molar-refractivity contribution is -0.113. The third kappa shape index (κ3) is 4.36. The molecule has 10 heteroatoms. The van der Waals surface area contributed by atoms with Gasteiger partial charge in [0.2, 0.25) is 5.95 Å². The van der Waals surface area contributed by atoms with Gasteiger partial charge in [-0.15, -0.1) is 5.10 Å². The summed E-state index contributed by atoms with van der Waals surface area (Å²) in [6, 6.07) is 18.3. The summed E-state index contributed by atoms with van der Waals surface area (Å²) in [5.41, 5.74) is 3.00. The number of nitrogens with zero attached hydrogens (tertiary/aromatic N) is 3. The number of methoxy groups -OCH3 is 1. The Hall–Kier alpha value is -4.01. The van der Waals surface area contributed by atoms with Crippen molar-refractivity contribution in [2.24, 2.45) is 0 Å². The van der Waals surface area contributed by atoms with Crippen LogP contribution in [0, 0.1) is 0 Å². The summed E-state index contributed by atoms with van der Waals surface area (Å²) >= 11 is 12.3. The molecule has 4 aromatic rings. The Balaban J connectivity index is 1.60. The molecule has 8 nitrogen and oxygen atoms in total. The molecule has 3 N–H and O–H groups in total. The lowest BCUT2D eigenvalue weighted by Gasteiger charge is -2.28. The first-order valence-electron chi connectivity index (χ1n) is 11.0.